The predicted octanol–water partition coefficient (Wildman–Crippen LogP) is 4.05. The van der Waals surface area contributed by atoms with Crippen molar-refractivity contribution in [1.29, 1.82) is 0 Å². The van der Waals surface area contributed by atoms with E-state index in [2.05, 4.69) is 78.9 Å². The number of benzene rings is 2. The summed E-state index contributed by atoms with van der Waals surface area (Å²) in [6.07, 6.45) is 1.12. The Morgan fingerprint density at radius 2 is 1.68 bits per heavy atom. The van der Waals surface area contributed by atoms with Crippen molar-refractivity contribution < 1.29 is 5.11 Å². The molecule has 2 aromatic rings. The molecule has 0 aliphatic rings. The van der Waals surface area contributed by atoms with Gasteiger partial charge in [-0.1, -0.05) is 35.9 Å². The van der Waals surface area contributed by atoms with Crippen molar-refractivity contribution in [2.24, 2.45) is 0 Å². The van der Waals surface area contributed by atoms with Crippen LogP contribution in [0.25, 0.3) is 0 Å². The molecule has 1 nitrogen and oxygen atoms in total. The topological polar surface area (TPSA) is 20.2 Å². The van der Waals surface area contributed by atoms with Crippen LogP contribution in [0.4, 0.5) is 0 Å². The van der Waals surface area contributed by atoms with E-state index in [1.165, 1.54) is 25.8 Å². The minimum Gasteiger partial charge on any atom is -0.392 e. The average molecular weight is 366 g/mol. The van der Waals surface area contributed by atoms with Crippen LogP contribution < -0.4 is 0 Å². The summed E-state index contributed by atoms with van der Waals surface area (Å²) in [5.41, 5.74) is 4.95. The first kappa shape index (κ1) is 14.5. The molecule has 0 fully saturated rings. The Bertz CT molecular complexity index is 546. The molecular formula is C17H19IO. The second kappa shape index (κ2) is 6.53. The van der Waals surface area contributed by atoms with Gasteiger partial charge in [0, 0.05) is 3.57 Å². The molecule has 1 atom stereocenters. The van der Waals surface area contributed by atoms with Crippen molar-refractivity contribution in [1.82, 2.24) is 0 Å². The van der Waals surface area contributed by atoms with Gasteiger partial charge in [-0.15, -0.1) is 0 Å². The third kappa shape index (κ3) is 4.32. The molecule has 2 heteroatoms. The second-order valence-electron chi connectivity index (χ2n) is 5.12. The van der Waals surface area contributed by atoms with Crippen LogP contribution in [0.3, 0.4) is 0 Å². The second-order valence-corrected chi connectivity index (χ2v) is 6.36. The monoisotopic (exact) mass is 366 g/mol. The molecule has 1 N–H and O–H groups in total. The third-order valence-electron chi connectivity index (χ3n) is 3.34. The summed E-state index contributed by atoms with van der Waals surface area (Å²) < 4.78 is 1.23. The van der Waals surface area contributed by atoms with Crippen LogP contribution in [0.5, 0.6) is 0 Å². The lowest BCUT2D eigenvalue weighted by Gasteiger charge is -2.13. The molecule has 0 heterocycles. The predicted molar refractivity (Wildman–Crippen MR) is 88.5 cm³/mol. The zero-order valence-corrected chi connectivity index (χ0v) is 13.5. The van der Waals surface area contributed by atoms with Crippen molar-refractivity contribution in [3.63, 3.8) is 0 Å². The molecule has 0 aromatic heterocycles. The van der Waals surface area contributed by atoms with E-state index in [0.717, 1.165) is 6.42 Å². The van der Waals surface area contributed by atoms with Gasteiger partial charge in [0.05, 0.1) is 6.10 Å². The summed E-state index contributed by atoms with van der Waals surface area (Å²) in [5.74, 6) is 0. The SMILES string of the molecule is Cc1ccc(C)c(CC(O)Cc2ccc(I)cc2)c1. The molecule has 19 heavy (non-hydrogen) atoms. The first-order valence-corrected chi connectivity index (χ1v) is 7.61. The fraction of sp³-hybridized carbons (Fsp3) is 0.294. The first-order chi connectivity index (χ1) is 9.04. The van der Waals surface area contributed by atoms with Crippen LogP contribution in [0.15, 0.2) is 42.5 Å². The van der Waals surface area contributed by atoms with Gasteiger partial charge in [0.15, 0.2) is 0 Å². The van der Waals surface area contributed by atoms with Crippen LogP contribution >= 0.6 is 22.6 Å². The highest BCUT2D eigenvalue weighted by atomic mass is 127. The maximum atomic E-state index is 10.2. The van der Waals surface area contributed by atoms with Crippen LogP contribution in [0.1, 0.15) is 22.3 Å². The molecule has 0 saturated heterocycles. The summed E-state index contributed by atoms with van der Waals surface area (Å²) >= 11 is 2.29. The molecule has 0 saturated carbocycles. The minimum absolute atomic E-state index is 0.319. The van der Waals surface area contributed by atoms with Gasteiger partial charge in [-0.25, -0.2) is 0 Å². The highest BCUT2D eigenvalue weighted by molar-refractivity contribution is 14.1. The fourth-order valence-electron chi connectivity index (χ4n) is 2.24. The summed E-state index contributed by atoms with van der Waals surface area (Å²) in [7, 11) is 0. The maximum Gasteiger partial charge on any atom is 0.0620 e. The highest BCUT2D eigenvalue weighted by Crippen LogP contribution is 2.15. The third-order valence-corrected chi connectivity index (χ3v) is 4.06. The molecular weight excluding hydrogens is 347 g/mol. The molecule has 0 aliphatic heterocycles. The fourth-order valence-corrected chi connectivity index (χ4v) is 2.60. The normalized spacial score (nSPS) is 12.4. The lowest BCUT2D eigenvalue weighted by atomic mass is 9.97. The number of aliphatic hydroxyl groups excluding tert-OH is 1. The molecule has 0 radical (unpaired) electrons. The number of aliphatic hydroxyl groups is 1. The van der Waals surface area contributed by atoms with Crippen molar-refractivity contribution in [3.05, 3.63) is 68.3 Å². The van der Waals surface area contributed by atoms with Crippen LogP contribution in [0.2, 0.25) is 0 Å². The Morgan fingerprint density at radius 3 is 2.37 bits per heavy atom. The van der Waals surface area contributed by atoms with Gasteiger partial charge in [-0.05, 0) is 78.1 Å². The van der Waals surface area contributed by atoms with E-state index in [1.54, 1.807) is 0 Å². The number of halogens is 1. The zero-order chi connectivity index (χ0) is 13.8. The van der Waals surface area contributed by atoms with Crippen molar-refractivity contribution >= 4 is 22.6 Å². The average Bonchev–Trinajstić information content (AvgIpc) is 2.37. The first-order valence-electron chi connectivity index (χ1n) is 6.53. The van der Waals surface area contributed by atoms with Gasteiger partial charge < -0.3 is 5.11 Å². The molecule has 1 unspecified atom stereocenters. The standard InChI is InChI=1S/C17H19IO/c1-12-3-4-13(2)15(9-12)11-17(19)10-14-5-7-16(18)8-6-14/h3-9,17,19H,10-11H2,1-2H3. The van der Waals surface area contributed by atoms with Gasteiger partial charge in [0.2, 0.25) is 0 Å². The summed E-state index contributed by atoms with van der Waals surface area (Å²) in [6, 6.07) is 14.8. The smallest absolute Gasteiger partial charge is 0.0620 e. The Balaban J connectivity index is 2.02. The molecule has 0 spiro atoms. The van der Waals surface area contributed by atoms with Crippen LogP contribution in [-0.2, 0) is 12.8 Å². The summed E-state index contributed by atoms with van der Waals surface area (Å²) in [5, 5.41) is 10.2. The lowest BCUT2D eigenvalue weighted by molar-refractivity contribution is 0.175. The molecule has 0 aliphatic carbocycles. The highest BCUT2D eigenvalue weighted by Gasteiger charge is 2.09. The van der Waals surface area contributed by atoms with Crippen LogP contribution in [-0.4, -0.2) is 11.2 Å². The number of hydrogen-bond acceptors (Lipinski definition) is 1. The van der Waals surface area contributed by atoms with Gasteiger partial charge in [-0.3, -0.25) is 0 Å². The van der Waals surface area contributed by atoms with Gasteiger partial charge >= 0.3 is 0 Å². The van der Waals surface area contributed by atoms with E-state index < -0.39 is 0 Å². The number of aryl methyl sites for hydroxylation is 2. The van der Waals surface area contributed by atoms with E-state index in [0.29, 0.717) is 6.42 Å². The van der Waals surface area contributed by atoms with E-state index in [4.69, 9.17) is 0 Å². The maximum absolute atomic E-state index is 10.2. The Hall–Kier alpha value is -0.870. The zero-order valence-electron chi connectivity index (χ0n) is 11.4. The molecule has 0 amide bonds. The summed E-state index contributed by atoms with van der Waals surface area (Å²) in [4.78, 5) is 0. The number of hydrogen-bond donors (Lipinski definition) is 1. The van der Waals surface area contributed by atoms with Crippen molar-refractivity contribution in [2.75, 3.05) is 0 Å². The van der Waals surface area contributed by atoms with Crippen molar-refractivity contribution in [3.8, 4) is 0 Å². The van der Waals surface area contributed by atoms with E-state index in [9.17, 15) is 5.11 Å². The Labute approximate surface area is 128 Å². The molecule has 2 aromatic carbocycles. The number of rotatable bonds is 4. The Kier molecular flexibility index (Phi) is 4.99. The van der Waals surface area contributed by atoms with Gasteiger partial charge in [0.25, 0.3) is 0 Å². The Morgan fingerprint density at radius 1 is 1.00 bits per heavy atom. The molecule has 100 valence electrons. The molecule has 0 bridgehead atoms. The quantitative estimate of drug-likeness (QED) is 0.810. The lowest BCUT2D eigenvalue weighted by Crippen LogP contribution is -2.14. The van der Waals surface area contributed by atoms with E-state index >= 15 is 0 Å². The largest absolute Gasteiger partial charge is 0.392 e. The molecule has 2 rings (SSSR count). The van der Waals surface area contributed by atoms with E-state index in [1.807, 2.05) is 0 Å². The van der Waals surface area contributed by atoms with Crippen LogP contribution in [0, 0.1) is 17.4 Å². The van der Waals surface area contributed by atoms with E-state index in [-0.39, 0.29) is 6.10 Å². The summed E-state index contributed by atoms with van der Waals surface area (Å²) in [6.45, 7) is 4.20. The van der Waals surface area contributed by atoms with Gasteiger partial charge in [-0.2, -0.15) is 0 Å². The minimum atomic E-state index is -0.319. The van der Waals surface area contributed by atoms with Crippen molar-refractivity contribution in [2.45, 2.75) is 32.8 Å². The van der Waals surface area contributed by atoms with Gasteiger partial charge in [0.1, 0.15) is 0 Å².